The molecule has 0 atom stereocenters. The van der Waals surface area contributed by atoms with E-state index in [1.165, 1.54) is 58.2 Å². The number of rotatable bonds is 5. The molecule has 2 rings (SSSR count). The molecule has 1 fully saturated rings. The molecule has 0 bridgehead atoms. The van der Waals surface area contributed by atoms with Crippen LogP contribution in [0.15, 0.2) is 55.6 Å². The Balaban J connectivity index is -0.0000000135. The summed E-state index contributed by atoms with van der Waals surface area (Å²) in [6.07, 6.45) is 12.4. The van der Waals surface area contributed by atoms with Gasteiger partial charge in [-0.3, -0.25) is 4.79 Å². The van der Waals surface area contributed by atoms with E-state index < -0.39 is 0 Å². The SMILES string of the molecule is C=CC(C)C.C=CC(C)C.C=O.C=O.C=O.C=O.C=O.C=O.C=O.C=O.C=O.C=O.C=O.CC.CC(=O)N1CCCCC1.CC(C)C.CC(C)O.CCC.CCC(C)C.CCC(C)C.CCc1ccccc1.CN.CN.N.N.N.N.N.N.N.N.N. The summed E-state index contributed by atoms with van der Waals surface area (Å²) in [5, 5.41) is 8.06. The standard InChI is InChI=1S/C8H10.C7H13NO.2C5H12.2C5H10.C4H10.C3H8O.C3H8.C2H6.2CH5N.11CH2O.9H3N/c1-2-8-6-4-3-5-7-8;1-7(9)8-5-3-2-4-6-8;4*1-4-5(2)3;1-4(2)3;1-3(2)4;1-3-2;14*1-2;;;;;;;;;/h3-7H,2H2,1H3;2-6H2,1H3;2*5H,4H2,1-3H3;2*4-5H,1H2,2-3H3;4H,1-3H3;3-4H,1-2H3;3H2,1-2H3;1-2H3;2*2H2,1H3;11*1H2;9*1H3. The minimum absolute atomic E-state index is 0. The van der Waals surface area contributed by atoms with E-state index in [4.69, 9.17) is 57.8 Å². The predicted octanol–water partition coefficient (Wildman–Crippen LogP) is 14.1. The van der Waals surface area contributed by atoms with Gasteiger partial charge in [-0.1, -0.05) is 186 Å². The maximum absolute atomic E-state index is 10.7. The van der Waals surface area contributed by atoms with E-state index in [1.54, 1.807) is 20.8 Å². The predicted molar refractivity (Wildman–Crippen MR) is 381 cm³/mol. The third kappa shape index (κ3) is 780. The minimum Gasteiger partial charge on any atom is -0.394 e. The molecule has 1 aromatic rings. The van der Waals surface area contributed by atoms with E-state index in [1.807, 2.05) is 112 Å². The Morgan fingerprint density at radius 2 is 0.588 bits per heavy atom. The number of likely N-dealkylation sites (tertiary alicyclic amines) is 1. The normalized spacial score (nSPS) is 6.89. The Hall–Kier alpha value is -5.94. The first-order valence-electron chi connectivity index (χ1n) is 24.8. The molecule has 1 saturated heterocycles. The van der Waals surface area contributed by atoms with Gasteiger partial charge in [-0.2, -0.15) is 0 Å². The number of allylic oxidation sites excluding steroid dienone is 2. The van der Waals surface area contributed by atoms with Gasteiger partial charge in [0.25, 0.3) is 0 Å². The average molecular weight is 1260 g/mol. The first-order chi connectivity index (χ1) is 36.2. The van der Waals surface area contributed by atoms with Crippen LogP contribution < -0.4 is 66.8 Å². The molecule has 0 saturated carbocycles. The zero-order chi connectivity index (χ0) is 67.5. The molecule has 1 heterocycles. The van der Waals surface area contributed by atoms with E-state index in [-0.39, 0.29) is 67.4 Å². The number of aliphatic hydroxyl groups excluding tert-OH is 1. The molecule has 32 N–H and O–H groups in total. The van der Waals surface area contributed by atoms with E-state index >= 15 is 0 Å². The second kappa shape index (κ2) is 338. The van der Waals surface area contributed by atoms with E-state index in [9.17, 15) is 4.79 Å². The molecule has 0 spiro atoms. The summed E-state index contributed by atoms with van der Waals surface area (Å²) < 4.78 is 0. The topological polar surface area (TPSA) is 595 Å². The van der Waals surface area contributed by atoms with Gasteiger partial charge in [0.05, 0.1) is 0 Å². The lowest BCUT2D eigenvalue weighted by Crippen LogP contribution is -2.33. The van der Waals surface area contributed by atoms with Gasteiger partial charge in [-0.05, 0) is 88.8 Å². The number of aryl methyl sites for hydroxylation is 1. The fraction of sp³-hybridized carbons (Fsp3) is 0.633. The molecular formula is C60H158N12O13. The average Bonchev–Trinajstić information content (AvgIpc) is 3.49. The van der Waals surface area contributed by atoms with Gasteiger partial charge in [-0.25, -0.2) is 0 Å². The van der Waals surface area contributed by atoms with Crippen molar-refractivity contribution in [3.63, 3.8) is 0 Å². The monoisotopic (exact) mass is 1260 g/mol. The summed E-state index contributed by atoms with van der Waals surface area (Å²) in [5.74, 6) is 4.13. The number of hydrogen-bond acceptors (Lipinski definition) is 24. The number of nitrogens with zero attached hydrogens (tertiary/aromatic N) is 1. The summed E-state index contributed by atoms with van der Waals surface area (Å²) in [4.78, 5) is 101. The number of aliphatic hydroxyl groups is 1. The van der Waals surface area contributed by atoms with E-state index in [0.29, 0.717) is 11.8 Å². The Labute approximate surface area is 527 Å². The van der Waals surface area contributed by atoms with Gasteiger partial charge in [0, 0.05) is 26.1 Å². The number of nitrogens with two attached hydrogens (primary N) is 2. The second-order valence-electron chi connectivity index (χ2n) is 14.5. The lowest BCUT2D eigenvalue weighted by atomic mass is 10.1. The van der Waals surface area contributed by atoms with Crippen molar-refractivity contribution in [2.24, 2.45) is 41.1 Å². The molecule has 0 unspecified atom stereocenters. The van der Waals surface area contributed by atoms with Gasteiger partial charge >= 0.3 is 0 Å². The van der Waals surface area contributed by atoms with Crippen LogP contribution in [0.2, 0.25) is 0 Å². The fourth-order valence-electron chi connectivity index (χ4n) is 1.92. The van der Waals surface area contributed by atoms with Crippen molar-refractivity contribution in [3.8, 4) is 0 Å². The van der Waals surface area contributed by atoms with Gasteiger partial charge in [-0.15, -0.1) is 13.2 Å². The number of piperidine rings is 1. The zero-order valence-electron chi connectivity index (χ0n) is 60.4. The zero-order valence-corrected chi connectivity index (χ0v) is 60.4. The lowest BCUT2D eigenvalue weighted by Gasteiger charge is -2.24. The second-order valence-corrected chi connectivity index (χ2v) is 14.5. The van der Waals surface area contributed by atoms with Crippen LogP contribution in [-0.4, -0.2) is 124 Å². The first-order valence-corrected chi connectivity index (χ1v) is 24.8. The molecule has 1 aliphatic rings. The Bertz CT molecular complexity index is 860. The molecule has 536 valence electrons. The number of carbonyl (C=O) groups is 12. The van der Waals surface area contributed by atoms with Crippen LogP contribution in [0.1, 0.15) is 189 Å². The summed E-state index contributed by atoms with van der Waals surface area (Å²) in [7, 11) is 3.00. The molecule has 1 aliphatic heterocycles. The number of carbonyl (C=O) groups excluding carboxylic acids is 12. The number of amides is 1. The van der Waals surface area contributed by atoms with Crippen molar-refractivity contribution in [2.45, 2.75) is 196 Å². The highest BCUT2D eigenvalue weighted by Crippen LogP contribution is 2.07. The maximum Gasteiger partial charge on any atom is 0.219 e. The minimum atomic E-state index is -0.167. The Morgan fingerprint density at radius 3 is 0.659 bits per heavy atom. The van der Waals surface area contributed by atoms with Gasteiger partial charge in [0.1, 0.15) is 74.7 Å². The van der Waals surface area contributed by atoms with Crippen LogP contribution >= 0.6 is 0 Å². The fourth-order valence-corrected chi connectivity index (χ4v) is 1.92. The molecule has 25 heteroatoms. The quantitative estimate of drug-likeness (QED) is 0.122. The molecular weight excluding hydrogens is 1100 g/mol. The van der Waals surface area contributed by atoms with Crippen LogP contribution in [-0.2, 0) is 64.0 Å². The highest BCUT2D eigenvalue weighted by atomic mass is 16.3. The summed E-state index contributed by atoms with van der Waals surface area (Å²) in [5.41, 5.74) is 10.4. The number of hydrogen-bond donors (Lipinski definition) is 12. The van der Waals surface area contributed by atoms with Crippen LogP contribution in [0, 0.1) is 29.6 Å². The van der Waals surface area contributed by atoms with E-state index in [2.05, 4.69) is 160 Å². The van der Waals surface area contributed by atoms with Crippen LogP contribution in [0.5, 0.6) is 0 Å². The lowest BCUT2D eigenvalue weighted by molar-refractivity contribution is -0.129. The van der Waals surface area contributed by atoms with Crippen molar-refractivity contribution in [3.05, 3.63) is 61.2 Å². The molecule has 1 aromatic carbocycles. The molecule has 0 aliphatic carbocycles. The summed E-state index contributed by atoms with van der Waals surface area (Å²) >= 11 is 0. The highest BCUT2D eigenvalue weighted by Gasteiger charge is 2.11. The van der Waals surface area contributed by atoms with Crippen LogP contribution in [0.4, 0.5) is 0 Å². The number of benzene rings is 1. The third-order valence-corrected chi connectivity index (χ3v) is 5.63. The van der Waals surface area contributed by atoms with Gasteiger partial charge in [0.15, 0.2) is 0 Å². The van der Waals surface area contributed by atoms with E-state index in [0.717, 1.165) is 37.3 Å². The van der Waals surface area contributed by atoms with Crippen molar-refractivity contribution in [1.29, 1.82) is 0 Å². The largest absolute Gasteiger partial charge is 0.394 e. The van der Waals surface area contributed by atoms with Crippen molar-refractivity contribution in [2.75, 3.05) is 27.2 Å². The van der Waals surface area contributed by atoms with Crippen LogP contribution in [0.3, 0.4) is 0 Å². The maximum atomic E-state index is 10.7. The molecule has 85 heavy (non-hydrogen) atoms. The summed E-state index contributed by atoms with van der Waals surface area (Å²) in [6.45, 7) is 74.8. The van der Waals surface area contributed by atoms with Gasteiger partial charge in [0.2, 0.25) is 5.91 Å². The smallest absolute Gasteiger partial charge is 0.219 e. The van der Waals surface area contributed by atoms with Crippen LogP contribution in [0.25, 0.3) is 0 Å². The van der Waals surface area contributed by atoms with Gasteiger partial charge < -0.3 is 130 Å². The highest BCUT2D eigenvalue weighted by molar-refractivity contribution is 5.73. The molecule has 1 amide bonds. The van der Waals surface area contributed by atoms with Crippen molar-refractivity contribution < 1.29 is 62.6 Å². The molecule has 0 radical (unpaired) electrons. The van der Waals surface area contributed by atoms with Crippen molar-refractivity contribution >= 4 is 80.6 Å². The third-order valence-electron chi connectivity index (χ3n) is 5.63. The van der Waals surface area contributed by atoms with Crippen molar-refractivity contribution in [1.82, 2.24) is 60.3 Å². The summed E-state index contributed by atoms with van der Waals surface area (Å²) in [6, 6.07) is 10.5. The Kier molecular flexibility index (Phi) is 795. The molecule has 25 nitrogen and oxygen atoms in total. The first kappa shape index (κ1) is 200. The molecule has 0 aromatic heterocycles. The Morgan fingerprint density at radius 1 is 0.447 bits per heavy atom.